The van der Waals surface area contributed by atoms with E-state index >= 15 is 0 Å². The van der Waals surface area contributed by atoms with Gasteiger partial charge in [-0.1, -0.05) is 12.1 Å². The second kappa shape index (κ2) is 5.60. The molecule has 0 N–H and O–H groups in total. The molecular weight excluding hydrogens is 330 g/mol. The Labute approximate surface area is 125 Å². The van der Waals surface area contributed by atoms with Crippen LogP contribution >= 0.6 is 0 Å². The monoisotopic (exact) mass is 338 g/mol. The molecule has 0 radical (unpaired) electrons. The molecule has 0 aliphatic heterocycles. The maximum Gasteiger partial charge on any atom is 0.436 e. The Morgan fingerprint density at radius 2 is 1.70 bits per heavy atom. The zero-order chi connectivity index (χ0) is 17.4. The normalized spacial score (nSPS) is 12.3. The molecule has 10 heteroatoms. The van der Waals surface area contributed by atoms with Gasteiger partial charge in [0.2, 0.25) is 5.88 Å². The fourth-order valence-electron chi connectivity index (χ4n) is 1.86. The number of hydrogen-bond donors (Lipinski definition) is 0. The summed E-state index contributed by atoms with van der Waals surface area (Å²) in [4.78, 5) is 10.9. The SMILES string of the molecule is Cn1nc(C(F)(F)F)c(C=O)c1Oc1ccccc1C(F)(F)F. The maximum absolute atomic E-state index is 12.9. The summed E-state index contributed by atoms with van der Waals surface area (Å²) in [7, 11) is 1.02. The minimum atomic E-state index is -4.95. The second-order valence-corrected chi connectivity index (χ2v) is 4.40. The van der Waals surface area contributed by atoms with Crippen LogP contribution in [0.2, 0.25) is 0 Å². The number of benzene rings is 1. The van der Waals surface area contributed by atoms with E-state index in [2.05, 4.69) is 5.10 Å². The highest BCUT2D eigenvalue weighted by Gasteiger charge is 2.40. The van der Waals surface area contributed by atoms with Crippen molar-refractivity contribution in [2.45, 2.75) is 12.4 Å². The van der Waals surface area contributed by atoms with Gasteiger partial charge in [-0.2, -0.15) is 31.4 Å². The number of alkyl halides is 6. The second-order valence-electron chi connectivity index (χ2n) is 4.40. The quantitative estimate of drug-likeness (QED) is 0.626. The molecule has 0 atom stereocenters. The highest BCUT2D eigenvalue weighted by Crippen LogP contribution is 2.40. The Morgan fingerprint density at radius 3 is 2.22 bits per heavy atom. The van der Waals surface area contributed by atoms with Crippen molar-refractivity contribution in [3.63, 3.8) is 0 Å². The molecule has 4 nitrogen and oxygen atoms in total. The van der Waals surface area contributed by atoms with Gasteiger partial charge in [-0.15, -0.1) is 0 Å². The van der Waals surface area contributed by atoms with Crippen molar-refractivity contribution in [1.29, 1.82) is 0 Å². The van der Waals surface area contributed by atoms with Crippen molar-refractivity contribution < 1.29 is 35.9 Å². The standard InChI is InChI=1S/C13H8F6N2O2/c1-21-11(7(6-22)10(20-21)13(17,18)19)23-9-5-3-2-4-8(9)12(14,15)16/h2-6H,1H3. The van der Waals surface area contributed by atoms with Crippen LogP contribution in [0.4, 0.5) is 26.3 Å². The third-order valence-corrected chi connectivity index (χ3v) is 2.81. The van der Waals surface area contributed by atoms with E-state index in [1.54, 1.807) is 0 Å². The van der Waals surface area contributed by atoms with Gasteiger partial charge in [0.05, 0.1) is 5.56 Å². The number of aryl methyl sites for hydroxylation is 1. The average molecular weight is 338 g/mol. The Hall–Kier alpha value is -2.52. The maximum atomic E-state index is 12.9. The van der Waals surface area contributed by atoms with Crippen molar-refractivity contribution in [3.05, 3.63) is 41.1 Å². The average Bonchev–Trinajstić information content (AvgIpc) is 2.75. The molecule has 1 heterocycles. The number of hydrogen-bond acceptors (Lipinski definition) is 3. The number of ether oxygens (including phenoxy) is 1. The lowest BCUT2D eigenvalue weighted by Gasteiger charge is -2.13. The first-order valence-electron chi connectivity index (χ1n) is 5.99. The summed E-state index contributed by atoms with van der Waals surface area (Å²) in [5.41, 5.74) is -3.70. The predicted octanol–water partition coefficient (Wildman–Crippen LogP) is 4.06. The van der Waals surface area contributed by atoms with Gasteiger partial charge in [0.25, 0.3) is 0 Å². The summed E-state index contributed by atoms with van der Waals surface area (Å²) in [6.07, 6.45) is -9.89. The number of aldehydes is 1. The summed E-state index contributed by atoms with van der Waals surface area (Å²) in [5, 5.41) is 3.09. The number of rotatable bonds is 3. The molecule has 1 aromatic heterocycles. The molecule has 2 rings (SSSR count). The number of carbonyl (C=O) groups is 1. The van der Waals surface area contributed by atoms with Crippen molar-refractivity contribution in [1.82, 2.24) is 9.78 Å². The van der Waals surface area contributed by atoms with Crippen LogP contribution in [-0.2, 0) is 19.4 Å². The molecule has 0 amide bonds. The Kier molecular flexibility index (Phi) is 4.10. The first kappa shape index (κ1) is 16.8. The summed E-state index contributed by atoms with van der Waals surface area (Å²) in [6, 6.07) is 3.95. The molecule has 124 valence electrons. The smallest absolute Gasteiger partial charge is 0.436 e. The summed E-state index contributed by atoms with van der Waals surface area (Å²) in [6.45, 7) is 0. The van der Waals surface area contributed by atoms with Gasteiger partial charge in [0, 0.05) is 7.05 Å². The molecule has 0 fully saturated rings. The highest BCUT2D eigenvalue weighted by atomic mass is 19.4. The highest BCUT2D eigenvalue weighted by molar-refractivity contribution is 5.80. The lowest BCUT2D eigenvalue weighted by molar-refractivity contribution is -0.142. The predicted molar refractivity (Wildman–Crippen MR) is 65.1 cm³/mol. The molecule has 0 aliphatic rings. The lowest BCUT2D eigenvalue weighted by Crippen LogP contribution is -2.09. The van der Waals surface area contributed by atoms with Crippen LogP contribution in [0, 0.1) is 0 Å². The van der Waals surface area contributed by atoms with Crippen molar-refractivity contribution >= 4 is 6.29 Å². The van der Waals surface area contributed by atoms with Gasteiger partial charge in [-0.25, -0.2) is 4.68 Å². The number of nitrogens with zero attached hydrogens (tertiary/aromatic N) is 2. The van der Waals surface area contributed by atoms with Gasteiger partial charge in [-0.05, 0) is 12.1 Å². The number of para-hydroxylation sites is 1. The van der Waals surface area contributed by atoms with Gasteiger partial charge in [-0.3, -0.25) is 4.79 Å². The summed E-state index contributed by atoms with van der Waals surface area (Å²) in [5.74, 6) is -1.47. The van der Waals surface area contributed by atoms with Crippen LogP contribution in [0.25, 0.3) is 0 Å². The number of aromatic nitrogens is 2. The van der Waals surface area contributed by atoms with E-state index in [1.807, 2.05) is 0 Å². The topological polar surface area (TPSA) is 44.1 Å². The van der Waals surface area contributed by atoms with E-state index in [-0.39, 0.29) is 6.29 Å². The van der Waals surface area contributed by atoms with Gasteiger partial charge in [0.15, 0.2) is 12.0 Å². The van der Waals surface area contributed by atoms with Crippen molar-refractivity contribution in [3.8, 4) is 11.6 Å². The van der Waals surface area contributed by atoms with Crippen molar-refractivity contribution in [2.75, 3.05) is 0 Å². The first-order valence-corrected chi connectivity index (χ1v) is 5.99. The van der Waals surface area contributed by atoms with Crippen LogP contribution in [0.15, 0.2) is 24.3 Å². The minimum Gasteiger partial charge on any atom is -0.438 e. The third kappa shape index (κ3) is 3.30. The lowest BCUT2D eigenvalue weighted by atomic mass is 10.2. The number of carbonyl (C=O) groups excluding carboxylic acids is 1. The van der Waals surface area contributed by atoms with E-state index in [4.69, 9.17) is 4.74 Å². The van der Waals surface area contributed by atoms with Crippen LogP contribution in [-0.4, -0.2) is 16.1 Å². The minimum absolute atomic E-state index is 0.165. The molecule has 0 saturated heterocycles. The van der Waals surface area contributed by atoms with E-state index in [0.717, 1.165) is 19.2 Å². The van der Waals surface area contributed by atoms with E-state index in [1.165, 1.54) is 6.07 Å². The third-order valence-electron chi connectivity index (χ3n) is 2.81. The molecule has 0 unspecified atom stereocenters. The van der Waals surface area contributed by atoms with Crippen LogP contribution in [0.3, 0.4) is 0 Å². The summed E-state index contributed by atoms with van der Waals surface area (Å²) >= 11 is 0. The molecular formula is C13H8F6N2O2. The molecule has 1 aromatic carbocycles. The summed E-state index contributed by atoms with van der Waals surface area (Å²) < 4.78 is 82.4. The van der Waals surface area contributed by atoms with Crippen molar-refractivity contribution in [2.24, 2.45) is 7.05 Å². The fourth-order valence-corrected chi connectivity index (χ4v) is 1.86. The Balaban J connectivity index is 2.55. The molecule has 23 heavy (non-hydrogen) atoms. The Morgan fingerprint density at radius 1 is 1.09 bits per heavy atom. The Bertz CT molecular complexity index is 733. The first-order chi connectivity index (χ1) is 10.6. The van der Waals surface area contributed by atoms with Crippen LogP contribution in [0.1, 0.15) is 21.6 Å². The fraction of sp³-hybridized carbons (Fsp3) is 0.231. The number of halogens is 6. The zero-order valence-corrected chi connectivity index (χ0v) is 11.4. The van der Waals surface area contributed by atoms with E-state index < -0.39 is 40.8 Å². The van der Waals surface area contributed by atoms with Gasteiger partial charge < -0.3 is 4.74 Å². The largest absolute Gasteiger partial charge is 0.438 e. The van der Waals surface area contributed by atoms with E-state index in [9.17, 15) is 31.1 Å². The van der Waals surface area contributed by atoms with Gasteiger partial charge in [0.1, 0.15) is 11.3 Å². The van der Waals surface area contributed by atoms with Gasteiger partial charge >= 0.3 is 12.4 Å². The molecule has 0 bridgehead atoms. The van der Waals surface area contributed by atoms with E-state index in [0.29, 0.717) is 10.7 Å². The molecule has 0 aliphatic carbocycles. The molecule has 0 spiro atoms. The molecule has 0 saturated carbocycles. The molecule has 2 aromatic rings. The van der Waals surface area contributed by atoms with Crippen LogP contribution in [0.5, 0.6) is 11.6 Å². The van der Waals surface area contributed by atoms with Crippen LogP contribution < -0.4 is 4.74 Å². The zero-order valence-electron chi connectivity index (χ0n) is 11.4.